The Kier molecular flexibility index (Phi) is 5.83. The molecule has 118 valence electrons. The summed E-state index contributed by atoms with van der Waals surface area (Å²) >= 11 is 0. The fraction of sp³-hybridized carbons (Fsp3) is 0.684. The summed E-state index contributed by atoms with van der Waals surface area (Å²) in [5.74, 6) is 0. The van der Waals surface area contributed by atoms with Gasteiger partial charge in [0, 0.05) is 6.04 Å². The molecule has 1 atom stereocenters. The molecule has 2 nitrogen and oxygen atoms in total. The van der Waals surface area contributed by atoms with Gasteiger partial charge in [0.05, 0.1) is 12.2 Å². The first-order valence-corrected chi connectivity index (χ1v) is 8.46. The molecule has 0 spiro atoms. The van der Waals surface area contributed by atoms with Crippen molar-refractivity contribution in [3.8, 4) is 0 Å². The molecule has 1 aromatic rings. The Morgan fingerprint density at radius 1 is 1.19 bits per heavy atom. The maximum absolute atomic E-state index is 5.99. The third kappa shape index (κ3) is 5.44. The van der Waals surface area contributed by atoms with Gasteiger partial charge < -0.3 is 10.1 Å². The fourth-order valence-electron chi connectivity index (χ4n) is 2.93. The highest BCUT2D eigenvalue weighted by Crippen LogP contribution is 2.23. The zero-order valence-corrected chi connectivity index (χ0v) is 14.2. The highest BCUT2D eigenvalue weighted by Gasteiger charge is 2.17. The van der Waals surface area contributed by atoms with Crippen molar-refractivity contribution in [1.82, 2.24) is 5.32 Å². The smallest absolute Gasteiger partial charge is 0.0629 e. The molecule has 21 heavy (non-hydrogen) atoms. The molecular formula is C19H31NO. The quantitative estimate of drug-likeness (QED) is 0.822. The van der Waals surface area contributed by atoms with Crippen molar-refractivity contribution in [3.05, 3.63) is 34.9 Å². The van der Waals surface area contributed by atoms with Crippen LogP contribution in [-0.4, -0.2) is 24.8 Å². The maximum atomic E-state index is 5.99. The second-order valence-electron chi connectivity index (χ2n) is 7.24. The largest absolute Gasteiger partial charge is 0.374 e. The minimum Gasteiger partial charge on any atom is -0.374 e. The van der Waals surface area contributed by atoms with E-state index in [1.165, 1.54) is 24.8 Å². The number of hydrogen-bond acceptors (Lipinski definition) is 2. The van der Waals surface area contributed by atoms with E-state index in [2.05, 4.69) is 51.2 Å². The molecule has 0 fully saturated rings. The van der Waals surface area contributed by atoms with E-state index in [1.54, 1.807) is 11.1 Å². The Hall–Kier alpha value is -0.860. The molecule has 2 rings (SSSR count). The predicted molar refractivity (Wildman–Crippen MR) is 90.0 cm³/mol. The van der Waals surface area contributed by atoms with Crippen LogP contribution >= 0.6 is 0 Å². The third-order valence-electron chi connectivity index (χ3n) is 4.05. The molecule has 1 aliphatic rings. The Morgan fingerprint density at radius 3 is 2.67 bits per heavy atom. The molecule has 0 saturated heterocycles. The van der Waals surface area contributed by atoms with Gasteiger partial charge >= 0.3 is 0 Å². The van der Waals surface area contributed by atoms with Gasteiger partial charge in [0.1, 0.15) is 0 Å². The van der Waals surface area contributed by atoms with Gasteiger partial charge in [0.15, 0.2) is 0 Å². The molecule has 0 bridgehead atoms. The minimum absolute atomic E-state index is 0.0654. The summed E-state index contributed by atoms with van der Waals surface area (Å²) < 4.78 is 5.99. The summed E-state index contributed by atoms with van der Waals surface area (Å²) in [6, 6.07) is 7.46. The number of aryl methyl sites for hydroxylation is 2. The lowest BCUT2D eigenvalue weighted by Gasteiger charge is -2.25. The fourth-order valence-corrected chi connectivity index (χ4v) is 2.93. The van der Waals surface area contributed by atoms with Crippen LogP contribution in [0.15, 0.2) is 18.2 Å². The normalized spacial score (nSPS) is 16.0. The van der Waals surface area contributed by atoms with E-state index in [4.69, 9.17) is 4.74 Å². The van der Waals surface area contributed by atoms with Gasteiger partial charge in [-0.15, -0.1) is 0 Å². The lowest BCUT2D eigenvalue weighted by Crippen LogP contribution is -2.38. The molecule has 1 aromatic carbocycles. The van der Waals surface area contributed by atoms with Gasteiger partial charge in [-0.05, 0) is 76.1 Å². The van der Waals surface area contributed by atoms with Crippen molar-refractivity contribution < 1.29 is 4.74 Å². The van der Waals surface area contributed by atoms with Crippen LogP contribution in [0.4, 0.5) is 0 Å². The second kappa shape index (κ2) is 7.42. The minimum atomic E-state index is -0.0654. The van der Waals surface area contributed by atoms with E-state index in [0.29, 0.717) is 6.04 Å². The van der Waals surface area contributed by atoms with E-state index in [9.17, 15) is 0 Å². The van der Waals surface area contributed by atoms with Crippen LogP contribution in [0.2, 0.25) is 0 Å². The maximum Gasteiger partial charge on any atom is 0.0629 e. The van der Waals surface area contributed by atoms with Crippen LogP contribution in [0.1, 0.15) is 57.2 Å². The van der Waals surface area contributed by atoms with E-state index < -0.39 is 0 Å². The zero-order chi connectivity index (χ0) is 15.3. The van der Waals surface area contributed by atoms with E-state index in [1.807, 2.05) is 0 Å². The molecular weight excluding hydrogens is 258 g/mol. The predicted octanol–water partition coefficient (Wildman–Crippen LogP) is 3.90. The number of fused-ring (bicyclic) bond motifs is 1. The highest BCUT2D eigenvalue weighted by atomic mass is 16.5. The van der Waals surface area contributed by atoms with Crippen molar-refractivity contribution in [1.29, 1.82) is 0 Å². The van der Waals surface area contributed by atoms with Crippen LogP contribution in [0.5, 0.6) is 0 Å². The zero-order valence-electron chi connectivity index (χ0n) is 14.2. The van der Waals surface area contributed by atoms with Gasteiger partial charge in [-0.2, -0.15) is 0 Å². The molecule has 2 heteroatoms. The van der Waals surface area contributed by atoms with E-state index in [0.717, 1.165) is 26.0 Å². The average molecular weight is 289 g/mol. The molecule has 0 heterocycles. The number of ether oxygens (including phenoxy) is 1. The van der Waals surface area contributed by atoms with Gasteiger partial charge in [-0.1, -0.05) is 25.1 Å². The SMILES string of the molecule is CCCNC(COC(C)(C)C)Cc1ccc2c(c1)CCC2. The van der Waals surface area contributed by atoms with Crippen LogP contribution < -0.4 is 5.32 Å². The first-order chi connectivity index (χ1) is 9.98. The van der Waals surface area contributed by atoms with Crippen LogP contribution in [-0.2, 0) is 24.0 Å². The molecule has 0 amide bonds. The Morgan fingerprint density at radius 2 is 1.95 bits per heavy atom. The number of nitrogens with one attached hydrogen (secondary N) is 1. The Bertz CT molecular complexity index is 447. The highest BCUT2D eigenvalue weighted by molar-refractivity contribution is 5.35. The van der Waals surface area contributed by atoms with Crippen LogP contribution in [0, 0.1) is 0 Å². The van der Waals surface area contributed by atoms with E-state index in [-0.39, 0.29) is 5.60 Å². The Balaban J connectivity index is 1.96. The van der Waals surface area contributed by atoms with Gasteiger partial charge in [-0.25, -0.2) is 0 Å². The van der Waals surface area contributed by atoms with Gasteiger partial charge in [0.2, 0.25) is 0 Å². The third-order valence-corrected chi connectivity index (χ3v) is 4.05. The molecule has 0 saturated carbocycles. The summed E-state index contributed by atoms with van der Waals surface area (Å²) in [6.45, 7) is 10.4. The first kappa shape index (κ1) is 16.5. The van der Waals surface area contributed by atoms with Crippen molar-refractivity contribution in [2.24, 2.45) is 0 Å². The lowest BCUT2D eigenvalue weighted by molar-refractivity contribution is -0.0143. The summed E-state index contributed by atoms with van der Waals surface area (Å²) in [6.07, 6.45) is 6.07. The summed E-state index contributed by atoms with van der Waals surface area (Å²) in [5.41, 5.74) is 4.51. The lowest BCUT2D eigenvalue weighted by atomic mass is 10.0. The van der Waals surface area contributed by atoms with Crippen LogP contribution in [0.3, 0.4) is 0 Å². The number of rotatable bonds is 7. The van der Waals surface area contributed by atoms with Gasteiger partial charge in [0.25, 0.3) is 0 Å². The summed E-state index contributed by atoms with van der Waals surface area (Å²) in [5, 5.41) is 3.63. The standard InChI is InChI=1S/C19H31NO/c1-5-11-20-18(14-21-19(2,3)4)13-15-9-10-16-7-6-8-17(16)12-15/h9-10,12,18,20H,5-8,11,13-14H2,1-4H3. The van der Waals surface area contributed by atoms with Crippen molar-refractivity contribution in [2.75, 3.05) is 13.2 Å². The summed E-state index contributed by atoms with van der Waals surface area (Å²) in [4.78, 5) is 0. The molecule has 1 unspecified atom stereocenters. The molecule has 1 N–H and O–H groups in total. The van der Waals surface area contributed by atoms with Gasteiger partial charge in [-0.3, -0.25) is 0 Å². The molecule has 0 aromatic heterocycles. The first-order valence-electron chi connectivity index (χ1n) is 8.46. The molecule has 0 aliphatic heterocycles. The van der Waals surface area contributed by atoms with Crippen molar-refractivity contribution >= 4 is 0 Å². The molecule has 1 aliphatic carbocycles. The van der Waals surface area contributed by atoms with Crippen molar-refractivity contribution in [3.63, 3.8) is 0 Å². The average Bonchev–Trinajstić information content (AvgIpc) is 2.88. The van der Waals surface area contributed by atoms with E-state index >= 15 is 0 Å². The Labute approximate surface area is 130 Å². The number of benzene rings is 1. The monoisotopic (exact) mass is 289 g/mol. The summed E-state index contributed by atoms with van der Waals surface area (Å²) in [7, 11) is 0. The number of hydrogen-bond donors (Lipinski definition) is 1. The van der Waals surface area contributed by atoms with Crippen molar-refractivity contribution in [2.45, 2.75) is 71.4 Å². The van der Waals surface area contributed by atoms with Crippen LogP contribution in [0.25, 0.3) is 0 Å². The second-order valence-corrected chi connectivity index (χ2v) is 7.24. The molecule has 0 radical (unpaired) electrons. The topological polar surface area (TPSA) is 21.3 Å².